The number of amides is 7. The van der Waals surface area contributed by atoms with Gasteiger partial charge in [0, 0.05) is 55.2 Å². The fourth-order valence-electron chi connectivity index (χ4n) is 14.4. The van der Waals surface area contributed by atoms with Crippen molar-refractivity contribution < 1.29 is 175 Å². The van der Waals surface area contributed by atoms with Crippen molar-refractivity contribution in [3.8, 4) is 80.1 Å². The minimum absolute atomic E-state index is 0.0234. The highest BCUT2D eigenvalue weighted by molar-refractivity contribution is 6.32. The molecule has 34 nitrogen and oxygen atoms in total. The number of phenols is 6. The molecule has 15 rings (SSSR count). The van der Waals surface area contributed by atoms with E-state index in [1.165, 1.54) is 12.1 Å². The second-order valence-electron chi connectivity index (χ2n) is 29.4. The Morgan fingerprint density at radius 3 is 1.79 bits per heavy atom. The van der Waals surface area contributed by atoms with Crippen LogP contribution in [0.1, 0.15) is 101 Å². The van der Waals surface area contributed by atoms with Gasteiger partial charge < -0.3 is 117 Å². The van der Waals surface area contributed by atoms with Crippen LogP contribution in [0.5, 0.6) is 69.0 Å². The third-order valence-corrected chi connectivity index (χ3v) is 21.3. The van der Waals surface area contributed by atoms with E-state index >= 15 is 28.8 Å². The molecule has 1 saturated heterocycles. The zero-order valence-electron chi connectivity index (χ0n) is 64.0. The van der Waals surface area contributed by atoms with Crippen molar-refractivity contribution in [3.05, 3.63) is 176 Å². The molecule has 7 amide bonds. The molecule has 1 fully saturated rings. The fourth-order valence-corrected chi connectivity index (χ4v) is 14.8. The molecule has 676 valence electrons. The summed E-state index contributed by atoms with van der Waals surface area (Å²) in [6.07, 6.45) is -21.9. The second kappa shape index (κ2) is 34.8. The number of nitrogens with one attached hydrogen (secondary N) is 7. The number of ether oxygens (including phenoxy) is 6. The molecule has 7 aliphatic heterocycles. The lowest BCUT2D eigenvalue weighted by atomic mass is 9.89. The predicted octanol–water partition coefficient (Wildman–Crippen LogP) is 8.17. The zero-order chi connectivity index (χ0) is 92.5. The van der Waals surface area contributed by atoms with Crippen molar-refractivity contribution >= 4 is 70.5 Å². The Labute approximate surface area is 712 Å². The number of carboxylic acid groups (broad SMARTS) is 1. The number of hydrogen-bond acceptors (Lipinski definition) is 25. The number of alkyl halides is 13. The molecule has 0 saturated carbocycles. The summed E-state index contributed by atoms with van der Waals surface area (Å²) >= 11 is 14.1. The van der Waals surface area contributed by atoms with Crippen LogP contribution >= 0.6 is 23.2 Å². The van der Waals surface area contributed by atoms with E-state index < -0.39 is 309 Å². The molecule has 17 bridgehead atoms. The number of aliphatic hydroxyl groups excluding tert-OH is 3. The van der Waals surface area contributed by atoms with Gasteiger partial charge in [-0.3, -0.25) is 33.6 Å². The summed E-state index contributed by atoms with van der Waals surface area (Å²) in [7, 11) is 0. The fraction of sp³-hybridized carbons (Fsp3) is 0.333. The van der Waals surface area contributed by atoms with Gasteiger partial charge in [-0.05, 0) is 119 Å². The standard InChI is InChI=1S/C78H65Cl2F13N10O24/c1-28(105)94-58-63(113)62(112)52(26-104)126-72(58)127-64-32-6-10-48(42(80)18-32)125-51-21-34-20-50(61(51)111)124-47-9-3-29(13-41(47)79)14-43-65(114)96-55(67(116)98-56(34)68(117)97-54-30-4-7-44(108)39(17-30)53-40(23-37(107)24-46(53)110)57(71(120)121)99-69(118)59(64)100-66(54)115)33-15-36(106)22-38(16-33)123-49-19-31(5-8-45(49)109)60(70(119)95-43)103-25-35(101-102-103)27-122-12-2-11-73(81,82)74(83,84)75(85,86)76(87,88)77(89,90)78(91,92)93/h3-10,13,15-25,43,52,54-60,62-64,72,104,106-113H,2,11-12,14,26-27H2,1H3,(H,94,105)(H,95,119)(H,96,114)(H,97,117)(H,98,116)(H,99,118)(H,100,115)(H,120,121)/t43-,52+,54+,55-,56+,57+,58+,59-,60+,62+,63+,64+,72-/m0/s1. The number of halogens is 15. The molecule has 127 heavy (non-hydrogen) atoms. The first-order valence-corrected chi connectivity index (χ1v) is 37.9. The summed E-state index contributed by atoms with van der Waals surface area (Å²) in [5, 5.41) is 138. The van der Waals surface area contributed by atoms with Gasteiger partial charge in [0.15, 0.2) is 41.4 Å². The molecule has 7 aromatic carbocycles. The largest absolute Gasteiger partial charge is 0.508 e. The van der Waals surface area contributed by atoms with E-state index in [-0.39, 0.29) is 27.5 Å². The summed E-state index contributed by atoms with van der Waals surface area (Å²) in [5.74, 6) is -58.6. The average Bonchev–Trinajstić information content (AvgIpc) is 0.865. The first kappa shape index (κ1) is 91.8. The van der Waals surface area contributed by atoms with Gasteiger partial charge in [-0.2, -0.15) is 57.1 Å². The van der Waals surface area contributed by atoms with Crippen LogP contribution < -0.4 is 51.4 Å². The Kier molecular flexibility index (Phi) is 25.1. The van der Waals surface area contributed by atoms with Crippen molar-refractivity contribution in [1.29, 1.82) is 0 Å². The van der Waals surface area contributed by atoms with Crippen molar-refractivity contribution in [3.63, 3.8) is 0 Å². The van der Waals surface area contributed by atoms with Crippen molar-refractivity contribution in [1.82, 2.24) is 52.2 Å². The highest BCUT2D eigenvalue weighted by Crippen LogP contribution is 2.61. The molecule has 0 spiro atoms. The maximum atomic E-state index is 16.3. The highest BCUT2D eigenvalue weighted by atomic mass is 35.5. The van der Waals surface area contributed by atoms with E-state index in [1.807, 2.05) is 0 Å². The lowest BCUT2D eigenvalue weighted by Crippen LogP contribution is -2.70. The van der Waals surface area contributed by atoms with Crippen LogP contribution in [0.4, 0.5) is 57.1 Å². The van der Waals surface area contributed by atoms with Gasteiger partial charge in [0.05, 0.1) is 29.5 Å². The normalized spacial score (nSPS) is 23.2. The van der Waals surface area contributed by atoms with E-state index in [4.69, 9.17) is 51.6 Å². The Morgan fingerprint density at radius 1 is 0.575 bits per heavy atom. The second-order valence-corrected chi connectivity index (χ2v) is 30.2. The number of benzene rings is 7. The number of carbonyl (C=O) groups excluding carboxylic acids is 7. The van der Waals surface area contributed by atoms with E-state index in [9.17, 15) is 118 Å². The minimum atomic E-state index is -8.14. The molecular formula is C78H65Cl2F13N10O24. The summed E-state index contributed by atoms with van der Waals surface area (Å²) in [4.78, 5) is 122. The number of fused-ring (bicyclic) bond motifs is 14. The zero-order valence-corrected chi connectivity index (χ0v) is 65.5. The molecule has 0 unspecified atom stereocenters. The molecule has 7 aliphatic rings. The van der Waals surface area contributed by atoms with Gasteiger partial charge in [-0.1, -0.05) is 52.7 Å². The maximum Gasteiger partial charge on any atom is 0.460 e. The van der Waals surface area contributed by atoms with Crippen molar-refractivity contribution in [2.45, 2.75) is 148 Å². The maximum absolute atomic E-state index is 16.3. The lowest BCUT2D eigenvalue weighted by Gasteiger charge is -2.44. The van der Waals surface area contributed by atoms with Gasteiger partial charge >= 0.3 is 41.8 Å². The van der Waals surface area contributed by atoms with E-state index in [2.05, 4.69) is 47.5 Å². The molecule has 8 aromatic rings. The molecule has 49 heteroatoms. The molecule has 13 atom stereocenters. The summed E-state index contributed by atoms with van der Waals surface area (Å²) in [6.45, 7) is -2.32. The van der Waals surface area contributed by atoms with E-state index in [0.717, 1.165) is 110 Å². The Hall–Kier alpha value is -12.9. The monoisotopic (exact) mass is 1840 g/mol. The smallest absolute Gasteiger partial charge is 0.460 e. The van der Waals surface area contributed by atoms with Crippen LogP contribution in [0.2, 0.25) is 10.0 Å². The molecule has 0 radical (unpaired) electrons. The van der Waals surface area contributed by atoms with Crippen LogP contribution in [0.15, 0.2) is 121 Å². The Balaban J connectivity index is 0.919. The van der Waals surface area contributed by atoms with Crippen LogP contribution in [0, 0.1) is 0 Å². The van der Waals surface area contributed by atoms with Gasteiger partial charge in [0.1, 0.15) is 107 Å². The number of nitrogens with zero attached hydrogens (tertiary/aromatic N) is 3. The number of aromatic nitrogens is 3. The van der Waals surface area contributed by atoms with Gasteiger partial charge in [-0.25, -0.2) is 9.48 Å². The Morgan fingerprint density at radius 2 is 1.16 bits per heavy atom. The number of aliphatic carboxylic acids is 1. The third kappa shape index (κ3) is 17.8. The van der Waals surface area contributed by atoms with E-state index in [1.54, 1.807) is 0 Å². The molecule has 17 N–H and O–H groups in total. The Bertz CT molecular complexity index is 5730. The summed E-state index contributed by atoms with van der Waals surface area (Å²) < 4.78 is 217. The summed E-state index contributed by atoms with van der Waals surface area (Å²) in [6, 6.07) is 0.575. The van der Waals surface area contributed by atoms with Crippen molar-refractivity contribution in [2.75, 3.05) is 13.2 Å². The number of rotatable bonds is 16. The number of aromatic hydroxyl groups is 6. The quantitative estimate of drug-likeness (QED) is 0.0320. The minimum Gasteiger partial charge on any atom is -0.508 e. The predicted molar refractivity (Wildman–Crippen MR) is 400 cm³/mol. The van der Waals surface area contributed by atoms with Gasteiger partial charge in [0.25, 0.3) is 0 Å². The van der Waals surface area contributed by atoms with E-state index in [0.29, 0.717) is 10.7 Å². The van der Waals surface area contributed by atoms with Crippen LogP contribution in [0.3, 0.4) is 0 Å². The third-order valence-electron chi connectivity index (χ3n) is 20.7. The molecule has 8 heterocycles. The SMILES string of the molecule is CC(=O)N[C@H]1[C@H](O[C@@H]2c3ccc(c(Cl)c3)Oc3cc4cc(c3O)Oc3ccc(cc3Cl)C[C@@H]3NC(=O)[C@H](n5cc(COCCCC(F)(F)C(F)(F)C(F)(F)C(F)(F)C(F)(F)C(F)(F)F)nn5)c5ccc(O)c(c5)Oc5cc(O)cc(c5)[C@H](NC3=O)C(=O)N[C@H]4C(=O)N[C@H]3C(=O)N[C@@H]2C(=O)N[C@@H](C(=O)O)c2cc(O)cc(O)c2-c2cc3ccc2O)O[C@H](CO)[C@@H](O)[C@@H]1O. The molecular weight excluding hydrogens is 1780 g/mol. The average molecular weight is 1840 g/mol. The van der Waals surface area contributed by atoms with Crippen LogP contribution in [0.25, 0.3) is 11.1 Å². The first-order valence-electron chi connectivity index (χ1n) is 37.1. The van der Waals surface area contributed by atoms with Crippen LogP contribution in [-0.2, 0) is 65.6 Å². The number of phenolic OH excluding ortho intramolecular Hbond substituents is 6. The van der Waals surface area contributed by atoms with Crippen LogP contribution in [-0.4, -0.2) is 205 Å². The van der Waals surface area contributed by atoms with Gasteiger partial charge in [-0.15, -0.1) is 5.10 Å². The lowest BCUT2D eigenvalue weighted by molar-refractivity contribution is -0.440. The summed E-state index contributed by atoms with van der Waals surface area (Å²) in [5.41, 5.74) is -4.50. The number of carboxylic acids is 1. The first-order chi connectivity index (χ1) is 59.5. The number of aliphatic hydroxyl groups is 3. The molecule has 0 aliphatic carbocycles. The number of hydrogen-bond donors (Lipinski definition) is 17. The topological polar surface area (TPSA) is 509 Å². The highest BCUT2D eigenvalue weighted by Gasteiger charge is 2.90. The van der Waals surface area contributed by atoms with Crippen molar-refractivity contribution in [2.24, 2.45) is 0 Å². The number of carbonyl (C=O) groups is 8. The molecule has 1 aromatic heterocycles. The van der Waals surface area contributed by atoms with Gasteiger partial charge in [0.2, 0.25) is 47.1 Å².